The summed E-state index contributed by atoms with van der Waals surface area (Å²) in [6.45, 7) is 0.269. The molecule has 7 nitrogen and oxygen atoms in total. The van der Waals surface area contributed by atoms with Gasteiger partial charge in [-0.1, -0.05) is 12.8 Å². The molecule has 0 spiro atoms. The molecule has 136 valence electrons. The largest absolute Gasteiger partial charge is 0.349 e. The second-order valence-corrected chi connectivity index (χ2v) is 6.45. The SMILES string of the molecule is CN(C)C(=O)CCNC(=O)Nc1ccc(C(=O)NC2CCCC2)cc1. The molecule has 1 fully saturated rings. The van der Waals surface area contributed by atoms with Gasteiger partial charge in [-0.05, 0) is 37.1 Å². The van der Waals surface area contributed by atoms with Crippen molar-refractivity contribution in [2.75, 3.05) is 26.0 Å². The van der Waals surface area contributed by atoms with Crippen LogP contribution in [0.1, 0.15) is 42.5 Å². The topological polar surface area (TPSA) is 90.5 Å². The third-order valence-corrected chi connectivity index (χ3v) is 4.22. The Labute approximate surface area is 148 Å². The zero-order valence-electron chi connectivity index (χ0n) is 14.8. The predicted octanol–water partition coefficient (Wildman–Crippen LogP) is 1.96. The number of rotatable bonds is 6. The number of amides is 4. The third kappa shape index (κ3) is 6.10. The van der Waals surface area contributed by atoms with E-state index in [0.717, 1.165) is 12.8 Å². The molecule has 0 saturated heterocycles. The minimum atomic E-state index is -0.380. The van der Waals surface area contributed by atoms with Gasteiger partial charge in [0.05, 0.1) is 0 Å². The van der Waals surface area contributed by atoms with Crippen molar-refractivity contribution in [3.8, 4) is 0 Å². The van der Waals surface area contributed by atoms with Gasteiger partial charge in [0.15, 0.2) is 0 Å². The standard InChI is InChI=1S/C18H26N4O3/c1-22(2)16(23)11-12-19-18(25)21-15-9-7-13(8-10-15)17(24)20-14-5-3-4-6-14/h7-10,14H,3-6,11-12H2,1-2H3,(H,20,24)(H2,19,21,25). The molecule has 0 bridgehead atoms. The van der Waals surface area contributed by atoms with Crippen molar-refractivity contribution < 1.29 is 14.4 Å². The maximum Gasteiger partial charge on any atom is 0.319 e. The quantitative estimate of drug-likeness (QED) is 0.735. The molecule has 25 heavy (non-hydrogen) atoms. The van der Waals surface area contributed by atoms with E-state index in [2.05, 4.69) is 16.0 Å². The van der Waals surface area contributed by atoms with Crippen molar-refractivity contribution in [2.45, 2.75) is 38.1 Å². The van der Waals surface area contributed by atoms with Gasteiger partial charge < -0.3 is 20.9 Å². The van der Waals surface area contributed by atoms with Gasteiger partial charge in [0, 0.05) is 44.4 Å². The van der Waals surface area contributed by atoms with Crippen LogP contribution in [0.15, 0.2) is 24.3 Å². The minimum absolute atomic E-state index is 0.0436. The minimum Gasteiger partial charge on any atom is -0.349 e. The van der Waals surface area contributed by atoms with Gasteiger partial charge in [0.2, 0.25) is 5.91 Å². The van der Waals surface area contributed by atoms with Crippen LogP contribution >= 0.6 is 0 Å². The average Bonchev–Trinajstić information content (AvgIpc) is 3.08. The Kier molecular flexibility index (Phi) is 6.80. The van der Waals surface area contributed by atoms with Crippen LogP contribution in [0.5, 0.6) is 0 Å². The molecular formula is C18H26N4O3. The van der Waals surface area contributed by atoms with E-state index < -0.39 is 0 Å². The molecule has 2 rings (SSSR count). The van der Waals surface area contributed by atoms with Crippen molar-refractivity contribution in [2.24, 2.45) is 0 Å². The number of urea groups is 1. The zero-order valence-corrected chi connectivity index (χ0v) is 14.8. The maximum absolute atomic E-state index is 12.1. The summed E-state index contributed by atoms with van der Waals surface area (Å²) in [5.41, 5.74) is 1.17. The second kappa shape index (κ2) is 9.05. The van der Waals surface area contributed by atoms with E-state index in [9.17, 15) is 14.4 Å². The van der Waals surface area contributed by atoms with Crippen LogP contribution in [-0.4, -0.2) is 49.4 Å². The molecule has 1 aliphatic carbocycles. The van der Waals surface area contributed by atoms with Gasteiger partial charge in [-0.25, -0.2) is 4.79 Å². The second-order valence-electron chi connectivity index (χ2n) is 6.45. The molecule has 1 saturated carbocycles. The molecule has 3 N–H and O–H groups in total. The molecule has 0 aromatic heterocycles. The summed E-state index contributed by atoms with van der Waals surface area (Å²) in [4.78, 5) is 36.8. The molecular weight excluding hydrogens is 320 g/mol. The Hall–Kier alpha value is -2.57. The van der Waals surface area contributed by atoms with Gasteiger partial charge in [-0.3, -0.25) is 9.59 Å². The zero-order chi connectivity index (χ0) is 18.2. The van der Waals surface area contributed by atoms with Crippen LogP contribution in [0.4, 0.5) is 10.5 Å². The summed E-state index contributed by atoms with van der Waals surface area (Å²) in [6, 6.07) is 6.66. The maximum atomic E-state index is 12.1. The van der Waals surface area contributed by atoms with Crippen molar-refractivity contribution in [3.63, 3.8) is 0 Å². The van der Waals surface area contributed by atoms with Crippen molar-refractivity contribution in [1.29, 1.82) is 0 Å². The summed E-state index contributed by atoms with van der Waals surface area (Å²) in [5, 5.41) is 8.33. The van der Waals surface area contributed by atoms with Gasteiger partial charge in [0.1, 0.15) is 0 Å². The lowest BCUT2D eigenvalue weighted by Crippen LogP contribution is -2.33. The number of carbonyl (C=O) groups is 3. The first-order valence-corrected chi connectivity index (χ1v) is 8.61. The Bertz CT molecular complexity index is 607. The van der Waals surface area contributed by atoms with E-state index in [1.54, 1.807) is 38.4 Å². The smallest absolute Gasteiger partial charge is 0.319 e. The number of hydrogen-bond donors (Lipinski definition) is 3. The number of nitrogens with zero attached hydrogens (tertiary/aromatic N) is 1. The number of carbonyl (C=O) groups excluding carboxylic acids is 3. The summed E-state index contributed by atoms with van der Waals surface area (Å²) >= 11 is 0. The first-order chi connectivity index (χ1) is 12.0. The monoisotopic (exact) mass is 346 g/mol. The fraction of sp³-hybridized carbons (Fsp3) is 0.500. The molecule has 1 aromatic rings. The highest BCUT2D eigenvalue weighted by Gasteiger charge is 2.17. The molecule has 1 aliphatic rings. The Balaban J connectivity index is 1.76. The normalized spacial score (nSPS) is 14.0. The highest BCUT2D eigenvalue weighted by Crippen LogP contribution is 2.18. The fourth-order valence-corrected chi connectivity index (χ4v) is 2.73. The number of benzene rings is 1. The number of anilines is 1. The summed E-state index contributed by atoms with van der Waals surface area (Å²) in [5.74, 6) is -0.122. The summed E-state index contributed by atoms with van der Waals surface area (Å²) in [7, 11) is 3.35. The van der Waals surface area contributed by atoms with E-state index in [-0.39, 0.29) is 36.9 Å². The Morgan fingerprint density at radius 3 is 2.32 bits per heavy atom. The fourth-order valence-electron chi connectivity index (χ4n) is 2.73. The van der Waals surface area contributed by atoms with E-state index in [1.165, 1.54) is 17.7 Å². The number of hydrogen-bond acceptors (Lipinski definition) is 3. The van der Waals surface area contributed by atoms with Crippen LogP contribution in [0.25, 0.3) is 0 Å². The van der Waals surface area contributed by atoms with Crippen molar-refractivity contribution in [3.05, 3.63) is 29.8 Å². The average molecular weight is 346 g/mol. The molecule has 0 aliphatic heterocycles. The molecule has 1 aromatic carbocycles. The summed E-state index contributed by atoms with van der Waals surface area (Å²) in [6.07, 6.45) is 4.68. The highest BCUT2D eigenvalue weighted by molar-refractivity contribution is 5.95. The number of nitrogens with one attached hydrogen (secondary N) is 3. The molecule has 0 radical (unpaired) electrons. The van der Waals surface area contributed by atoms with E-state index >= 15 is 0 Å². The Morgan fingerprint density at radius 1 is 1.08 bits per heavy atom. The van der Waals surface area contributed by atoms with Crippen LogP contribution < -0.4 is 16.0 Å². The molecule has 0 heterocycles. The van der Waals surface area contributed by atoms with Gasteiger partial charge in [-0.15, -0.1) is 0 Å². The lowest BCUT2D eigenvalue weighted by molar-refractivity contribution is -0.128. The van der Waals surface area contributed by atoms with Crippen molar-refractivity contribution in [1.82, 2.24) is 15.5 Å². The lowest BCUT2D eigenvalue weighted by Gasteiger charge is -2.13. The van der Waals surface area contributed by atoms with E-state index in [1.807, 2.05) is 0 Å². The van der Waals surface area contributed by atoms with Crippen LogP contribution in [0.3, 0.4) is 0 Å². The molecule has 7 heteroatoms. The predicted molar refractivity (Wildman–Crippen MR) is 96.5 cm³/mol. The Morgan fingerprint density at radius 2 is 1.72 bits per heavy atom. The third-order valence-electron chi connectivity index (χ3n) is 4.22. The van der Waals surface area contributed by atoms with Gasteiger partial charge >= 0.3 is 6.03 Å². The van der Waals surface area contributed by atoms with Crippen LogP contribution in [0, 0.1) is 0 Å². The van der Waals surface area contributed by atoms with Gasteiger partial charge in [0.25, 0.3) is 5.91 Å². The highest BCUT2D eigenvalue weighted by atomic mass is 16.2. The van der Waals surface area contributed by atoms with Gasteiger partial charge in [-0.2, -0.15) is 0 Å². The molecule has 0 unspecified atom stereocenters. The van der Waals surface area contributed by atoms with Crippen LogP contribution in [-0.2, 0) is 4.79 Å². The van der Waals surface area contributed by atoms with Crippen LogP contribution in [0.2, 0.25) is 0 Å². The van der Waals surface area contributed by atoms with Crippen molar-refractivity contribution >= 4 is 23.5 Å². The first-order valence-electron chi connectivity index (χ1n) is 8.61. The lowest BCUT2D eigenvalue weighted by atomic mass is 10.1. The van der Waals surface area contributed by atoms with E-state index in [4.69, 9.17) is 0 Å². The molecule has 4 amide bonds. The van der Waals surface area contributed by atoms with E-state index in [0.29, 0.717) is 11.3 Å². The summed E-state index contributed by atoms with van der Waals surface area (Å²) < 4.78 is 0. The first kappa shape index (κ1) is 18.8. The molecule has 0 atom stereocenters.